The van der Waals surface area contributed by atoms with E-state index in [2.05, 4.69) is 5.32 Å². The van der Waals surface area contributed by atoms with E-state index < -0.39 is 29.7 Å². The molecule has 5 rings (SSSR count). The number of fused-ring (bicyclic) bond motifs is 2. The lowest BCUT2D eigenvalue weighted by molar-refractivity contribution is -0.136. The number of Topliss-reactive ketones (excluding diaryl/α,β-unsaturated/α-hetero) is 1. The molecule has 0 spiro atoms. The standard InChI is InChI=1S/C24H18N2O5S/c27-18(20-12-14-3-1-2-4-19(14)32-20)9-6-13-5-7-15-16(11-13)24(31)26(23(15)30)17-8-10-21(28)25-22(17)29/h1-5,7,11-12,17H,6,8-10H2,(H,25,28,29). The minimum Gasteiger partial charge on any atom is -0.295 e. The lowest BCUT2D eigenvalue weighted by Crippen LogP contribution is -2.54. The molecule has 1 unspecified atom stereocenters. The molecule has 2 aliphatic rings. The summed E-state index contributed by atoms with van der Waals surface area (Å²) in [6.45, 7) is 0. The van der Waals surface area contributed by atoms with E-state index in [9.17, 15) is 24.0 Å². The molecule has 3 heterocycles. The highest BCUT2D eigenvalue weighted by Gasteiger charge is 2.44. The molecule has 0 bridgehead atoms. The zero-order valence-electron chi connectivity index (χ0n) is 16.9. The molecule has 0 radical (unpaired) electrons. The SMILES string of the molecule is O=C1CCC(N2C(=O)c3ccc(CCC(=O)c4cc5ccccc5s4)cc3C2=O)C(=O)N1. The third-order valence-electron chi connectivity index (χ3n) is 5.85. The van der Waals surface area contributed by atoms with Crippen LogP contribution in [0.5, 0.6) is 0 Å². The number of piperidine rings is 1. The van der Waals surface area contributed by atoms with Gasteiger partial charge in [-0.05, 0) is 48.1 Å². The van der Waals surface area contributed by atoms with Crippen LogP contribution in [0.2, 0.25) is 0 Å². The molecular weight excluding hydrogens is 428 g/mol. The molecule has 1 N–H and O–H groups in total. The number of ketones is 1. The summed E-state index contributed by atoms with van der Waals surface area (Å²) in [5.74, 6) is -2.10. The Balaban J connectivity index is 1.31. The summed E-state index contributed by atoms with van der Waals surface area (Å²) in [5, 5.41) is 3.22. The number of aryl methyl sites for hydroxylation is 1. The van der Waals surface area contributed by atoms with Crippen molar-refractivity contribution in [2.24, 2.45) is 0 Å². The van der Waals surface area contributed by atoms with E-state index in [4.69, 9.17) is 0 Å². The summed E-state index contributed by atoms with van der Waals surface area (Å²) >= 11 is 1.46. The van der Waals surface area contributed by atoms with Crippen LogP contribution >= 0.6 is 11.3 Å². The number of nitrogens with zero attached hydrogens (tertiary/aromatic N) is 1. The van der Waals surface area contributed by atoms with Crippen LogP contribution in [-0.2, 0) is 16.0 Å². The predicted molar refractivity (Wildman–Crippen MR) is 118 cm³/mol. The highest BCUT2D eigenvalue weighted by atomic mass is 32.1. The predicted octanol–water partition coefficient (Wildman–Crippen LogP) is 3.12. The van der Waals surface area contributed by atoms with Gasteiger partial charge in [0.1, 0.15) is 6.04 Å². The number of hydrogen-bond donors (Lipinski definition) is 1. The maximum absolute atomic E-state index is 12.9. The number of hydrogen-bond acceptors (Lipinski definition) is 6. The smallest absolute Gasteiger partial charge is 0.262 e. The van der Waals surface area contributed by atoms with Gasteiger partial charge < -0.3 is 0 Å². The van der Waals surface area contributed by atoms with Crippen LogP contribution in [0, 0.1) is 0 Å². The second-order valence-electron chi connectivity index (χ2n) is 7.90. The molecule has 160 valence electrons. The van der Waals surface area contributed by atoms with Gasteiger partial charge in [0.15, 0.2) is 5.78 Å². The second kappa shape index (κ2) is 7.80. The summed E-state index contributed by atoms with van der Waals surface area (Å²) < 4.78 is 1.06. The van der Waals surface area contributed by atoms with Crippen molar-refractivity contribution in [3.05, 3.63) is 70.1 Å². The van der Waals surface area contributed by atoms with Gasteiger partial charge in [-0.1, -0.05) is 24.3 Å². The molecule has 8 heteroatoms. The van der Waals surface area contributed by atoms with Gasteiger partial charge >= 0.3 is 0 Å². The van der Waals surface area contributed by atoms with E-state index in [1.807, 2.05) is 30.3 Å². The van der Waals surface area contributed by atoms with Crippen molar-refractivity contribution in [2.75, 3.05) is 0 Å². The van der Waals surface area contributed by atoms with E-state index in [0.717, 1.165) is 20.5 Å². The van der Waals surface area contributed by atoms with Crippen molar-refractivity contribution >= 4 is 50.8 Å². The fourth-order valence-corrected chi connectivity index (χ4v) is 5.20. The van der Waals surface area contributed by atoms with Gasteiger partial charge in [0.2, 0.25) is 11.8 Å². The third kappa shape index (κ3) is 3.42. The Morgan fingerprint density at radius 1 is 1.00 bits per heavy atom. The molecule has 1 aromatic heterocycles. The number of imide groups is 2. The van der Waals surface area contributed by atoms with E-state index in [0.29, 0.717) is 11.3 Å². The quantitative estimate of drug-likeness (QED) is 0.479. The van der Waals surface area contributed by atoms with Crippen LogP contribution in [0.4, 0.5) is 0 Å². The highest BCUT2D eigenvalue weighted by molar-refractivity contribution is 7.20. The molecular formula is C24H18N2O5S. The minimum atomic E-state index is -0.988. The van der Waals surface area contributed by atoms with Gasteiger partial charge in [-0.2, -0.15) is 0 Å². The molecule has 1 atom stereocenters. The van der Waals surface area contributed by atoms with Gasteiger partial charge in [-0.3, -0.25) is 34.2 Å². The van der Waals surface area contributed by atoms with Crippen molar-refractivity contribution in [1.82, 2.24) is 10.2 Å². The monoisotopic (exact) mass is 446 g/mol. The fraction of sp³-hybridized carbons (Fsp3) is 0.208. The zero-order valence-corrected chi connectivity index (χ0v) is 17.7. The first-order valence-electron chi connectivity index (χ1n) is 10.3. The molecule has 3 aromatic rings. The van der Waals surface area contributed by atoms with Crippen molar-refractivity contribution in [2.45, 2.75) is 31.7 Å². The lowest BCUT2D eigenvalue weighted by Gasteiger charge is -2.27. The third-order valence-corrected chi connectivity index (χ3v) is 7.00. The molecule has 2 aliphatic heterocycles. The maximum atomic E-state index is 12.9. The van der Waals surface area contributed by atoms with Crippen molar-refractivity contribution < 1.29 is 24.0 Å². The Morgan fingerprint density at radius 2 is 1.78 bits per heavy atom. The lowest BCUT2D eigenvalue weighted by atomic mass is 10.0. The average Bonchev–Trinajstić information content (AvgIpc) is 3.32. The minimum absolute atomic E-state index is 0.0271. The number of carbonyl (C=O) groups excluding carboxylic acids is 5. The molecule has 4 amide bonds. The van der Waals surface area contributed by atoms with Gasteiger partial charge in [-0.15, -0.1) is 11.3 Å². The van der Waals surface area contributed by atoms with E-state index >= 15 is 0 Å². The van der Waals surface area contributed by atoms with Gasteiger partial charge in [0, 0.05) is 17.5 Å². The summed E-state index contributed by atoms with van der Waals surface area (Å²) in [4.78, 5) is 63.6. The van der Waals surface area contributed by atoms with Crippen LogP contribution in [0.15, 0.2) is 48.5 Å². The Hall–Kier alpha value is -3.65. The van der Waals surface area contributed by atoms with Crippen molar-refractivity contribution in [3.8, 4) is 0 Å². The first kappa shape index (κ1) is 20.3. The Kier molecular flexibility index (Phi) is 4.94. The fourth-order valence-electron chi connectivity index (χ4n) is 4.17. The number of benzene rings is 2. The molecule has 7 nitrogen and oxygen atoms in total. The Labute approximate surface area is 187 Å². The molecule has 1 fully saturated rings. The first-order valence-corrected chi connectivity index (χ1v) is 11.1. The van der Waals surface area contributed by atoms with E-state index in [-0.39, 0.29) is 36.2 Å². The van der Waals surface area contributed by atoms with Crippen LogP contribution in [-0.4, -0.2) is 40.4 Å². The van der Waals surface area contributed by atoms with Crippen molar-refractivity contribution in [3.63, 3.8) is 0 Å². The molecule has 2 aromatic carbocycles. The number of thiophene rings is 1. The van der Waals surface area contributed by atoms with Crippen LogP contribution < -0.4 is 5.32 Å². The van der Waals surface area contributed by atoms with Crippen LogP contribution in [0.25, 0.3) is 10.1 Å². The topological polar surface area (TPSA) is 101 Å². The summed E-state index contributed by atoms with van der Waals surface area (Å²) in [5.41, 5.74) is 1.23. The van der Waals surface area contributed by atoms with Crippen LogP contribution in [0.1, 0.15) is 55.2 Å². The van der Waals surface area contributed by atoms with Gasteiger partial charge in [-0.25, -0.2) is 0 Å². The highest BCUT2D eigenvalue weighted by Crippen LogP contribution is 2.30. The maximum Gasteiger partial charge on any atom is 0.262 e. The van der Waals surface area contributed by atoms with E-state index in [1.54, 1.807) is 18.2 Å². The normalized spacial score (nSPS) is 18.2. The van der Waals surface area contributed by atoms with Crippen molar-refractivity contribution in [1.29, 1.82) is 0 Å². The Bertz CT molecular complexity index is 1290. The summed E-state index contributed by atoms with van der Waals surface area (Å²) in [7, 11) is 0. The summed E-state index contributed by atoms with van der Waals surface area (Å²) in [6, 6.07) is 13.7. The number of rotatable bonds is 5. The molecule has 32 heavy (non-hydrogen) atoms. The van der Waals surface area contributed by atoms with Gasteiger partial charge in [0.05, 0.1) is 16.0 Å². The van der Waals surface area contributed by atoms with Gasteiger partial charge in [0.25, 0.3) is 11.8 Å². The largest absolute Gasteiger partial charge is 0.295 e. The van der Waals surface area contributed by atoms with E-state index in [1.165, 1.54) is 11.3 Å². The zero-order chi connectivity index (χ0) is 22.4. The number of nitrogens with one attached hydrogen (secondary N) is 1. The number of carbonyl (C=O) groups is 5. The number of amides is 4. The molecule has 0 saturated carbocycles. The second-order valence-corrected chi connectivity index (χ2v) is 8.98. The van der Waals surface area contributed by atoms with Crippen LogP contribution in [0.3, 0.4) is 0 Å². The molecule has 0 aliphatic carbocycles. The average molecular weight is 446 g/mol. The molecule has 1 saturated heterocycles. The summed E-state index contributed by atoms with van der Waals surface area (Å²) in [6.07, 6.45) is 0.909. The Morgan fingerprint density at radius 3 is 2.56 bits per heavy atom. The first-order chi connectivity index (χ1) is 15.4.